The molecule has 0 radical (unpaired) electrons. The summed E-state index contributed by atoms with van der Waals surface area (Å²) in [5, 5.41) is 17.6. The summed E-state index contributed by atoms with van der Waals surface area (Å²) in [6, 6.07) is 4.40. The van der Waals surface area contributed by atoms with Gasteiger partial charge in [0.2, 0.25) is 0 Å². The van der Waals surface area contributed by atoms with Gasteiger partial charge in [0.1, 0.15) is 6.07 Å². The van der Waals surface area contributed by atoms with Crippen LogP contribution in [0.25, 0.3) is 0 Å². The van der Waals surface area contributed by atoms with Gasteiger partial charge in [-0.3, -0.25) is 4.90 Å². The van der Waals surface area contributed by atoms with Gasteiger partial charge in [-0.1, -0.05) is 0 Å². The number of hydrogen-bond donors (Lipinski definition) is 1. The third-order valence-corrected chi connectivity index (χ3v) is 3.53. The maximum Gasteiger partial charge on any atom is 0.183 e. The molecule has 1 aliphatic heterocycles. The van der Waals surface area contributed by atoms with Crippen molar-refractivity contribution in [1.82, 2.24) is 4.90 Å². The van der Waals surface area contributed by atoms with Crippen molar-refractivity contribution in [1.29, 1.82) is 5.26 Å². The van der Waals surface area contributed by atoms with Crippen LogP contribution in [0.3, 0.4) is 0 Å². The number of aliphatic hydroxyl groups is 1. The smallest absolute Gasteiger partial charge is 0.183 e. The second-order valence-electron chi connectivity index (χ2n) is 4.78. The van der Waals surface area contributed by atoms with Gasteiger partial charge in [-0.25, -0.2) is 8.78 Å². The minimum Gasteiger partial charge on any atom is -0.395 e. The van der Waals surface area contributed by atoms with Gasteiger partial charge in [-0.05, 0) is 25.1 Å². The van der Waals surface area contributed by atoms with Gasteiger partial charge in [-0.15, -0.1) is 0 Å². The van der Waals surface area contributed by atoms with E-state index in [1.165, 1.54) is 12.1 Å². The first-order chi connectivity index (χ1) is 9.67. The number of nitrogens with zero attached hydrogens (tertiary/aromatic N) is 3. The van der Waals surface area contributed by atoms with Crippen LogP contribution >= 0.6 is 0 Å². The molecule has 0 saturated carbocycles. The minimum absolute atomic E-state index is 0.0971. The summed E-state index contributed by atoms with van der Waals surface area (Å²) < 4.78 is 27.6. The monoisotopic (exact) mass is 281 g/mol. The Bertz CT molecular complexity index is 516. The number of rotatable bonds is 3. The zero-order chi connectivity index (χ0) is 14.5. The zero-order valence-corrected chi connectivity index (χ0v) is 11.1. The molecule has 6 heteroatoms. The maximum atomic E-state index is 14.0. The molecule has 1 saturated heterocycles. The van der Waals surface area contributed by atoms with Crippen LogP contribution in [0.4, 0.5) is 14.5 Å². The number of β-amino-alcohol motifs (C(OH)–C–C–N with tert-alkyl or cyclic N) is 1. The molecule has 0 bridgehead atoms. The lowest BCUT2D eigenvalue weighted by molar-refractivity contribution is 0.204. The predicted molar refractivity (Wildman–Crippen MR) is 71.4 cm³/mol. The molecule has 0 aromatic heterocycles. The molecule has 1 N–H and O–H groups in total. The van der Waals surface area contributed by atoms with Gasteiger partial charge in [0.05, 0.1) is 17.9 Å². The van der Waals surface area contributed by atoms with Crippen LogP contribution in [0.1, 0.15) is 12.0 Å². The fourth-order valence-electron chi connectivity index (χ4n) is 2.45. The van der Waals surface area contributed by atoms with Gasteiger partial charge in [-0.2, -0.15) is 5.26 Å². The zero-order valence-electron chi connectivity index (χ0n) is 11.1. The van der Waals surface area contributed by atoms with Crippen molar-refractivity contribution in [2.75, 3.05) is 44.2 Å². The quantitative estimate of drug-likeness (QED) is 0.908. The van der Waals surface area contributed by atoms with Crippen molar-refractivity contribution in [3.63, 3.8) is 0 Å². The van der Waals surface area contributed by atoms with Crippen LogP contribution in [0.15, 0.2) is 12.1 Å². The number of aliphatic hydroxyl groups excluding tert-OH is 1. The highest BCUT2D eigenvalue weighted by atomic mass is 19.2. The molecule has 1 heterocycles. The van der Waals surface area contributed by atoms with E-state index in [1.54, 1.807) is 11.0 Å². The minimum atomic E-state index is -1.08. The molecule has 0 amide bonds. The lowest BCUT2D eigenvalue weighted by atomic mass is 10.1. The van der Waals surface area contributed by atoms with Crippen molar-refractivity contribution >= 4 is 5.69 Å². The van der Waals surface area contributed by atoms with E-state index in [4.69, 9.17) is 10.4 Å². The largest absolute Gasteiger partial charge is 0.395 e. The fraction of sp³-hybridized carbons (Fsp3) is 0.500. The van der Waals surface area contributed by atoms with Crippen molar-refractivity contribution in [2.45, 2.75) is 6.42 Å². The molecule has 2 rings (SSSR count). The van der Waals surface area contributed by atoms with E-state index in [0.29, 0.717) is 26.2 Å². The van der Waals surface area contributed by atoms with Crippen molar-refractivity contribution in [3.8, 4) is 6.07 Å². The molecule has 0 spiro atoms. The van der Waals surface area contributed by atoms with Crippen molar-refractivity contribution in [2.24, 2.45) is 0 Å². The number of benzene rings is 1. The summed E-state index contributed by atoms with van der Waals surface area (Å²) in [4.78, 5) is 3.88. The molecular weight excluding hydrogens is 264 g/mol. The molecule has 1 fully saturated rings. The number of anilines is 1. The lowest BCUT2D eigenvalue weighted by Crippen LogP contribution is -2.32. The number of nitriles is 1. The standard InChI is InChI=1S/C14H17F2N3O/c15-13-11(10-17)2-3-12(14(13)16)19-5-1-4-18(6-7-19)8-9-20/h2-3,20H,1,4-9H2. The summed E-state index contributed by atoms with van der Waals surface area (Å²) >= 11 is 0. The highest BCUT2D eigenvalue weighted by Crippen LogP contribution is 2.25. The SMILES string of the molecule is N#Cc1ccc(N2CCCN(CCO)CC2)c(F)c1F. The number of hydrogen-bond acceptors (Lipinski definition) is 4. The molecule has 108 valence electrons. The summed E-state index contributed by atoms with van der Waals surface area (Å²) in [7, 11) is 0. The summed E-state index contributed by atoms with van der Waals surface area (Å²) in [6.07, 6.45) is 0.820. The third kappa shape index (κ3) is 3.06. The Kier molecular flexibility index (Phi) is 4.88. The predicted octanol–water partition coefficient (Wildman–Crippen LogP) is 1.34. The van der Waals surface area contributed by atoms with E-state index in [9.17, 15) is 8.78 Å². The summed E-state index contributed by atoms with van der Waals surface area (Å²) in [5.74, 6) is -2.04. The van der Waals surface area contributed by atoms with Crippen LogP contribution in [0.5, 0.6) is 0 Å². The Labute approximate surface area is 116 Å². The third-order valence-electron chi connectivity index (χ3n) is 3.53. The Morgan fingerprint density at radius 3 is 2.65 bits per heavy atom. The molecule has 20 heavy (non-hydrogen) atoms. The first-order valence-corrected chi connectivity index (χ1v) is 6.63. The number of halogens is 2. The Balaban J connectivity index is 2.16. The molecule has 0 atom stereocenters. The van der Waals surface area contributed by atoms with Gasteiger partial charge in [0, 0.05) is 26.2 Å². The van der Waals surface area contributed by atoms with Crippen LogP contribution in [0, 0.1) is 23.0 Å². The van der Waals surface area contributed by atoms with E-state index in [-0.39, 0.29) is 17.9 Å². The molecule has 1 aromatic carbocycles. The van der Waals surface area contributed by atoms with Crippen LogP contribution in [-0.2, 0) is 0 Å². The van der Waals surface area contributed by atoms with Gasteiger partial charge in [0.15, 0.2) is 11.6 Å². The second kappa shape index (κ2) is 6.64. The summed E-state index contributed by atoms with van der Waals surface area (Å²) in [5.41, 5.74) is -0.0738. The van der Waals surface area contributed by atoms with Crippen LogP contribution < -0.4 is 4.90 Å². The molecule has 0 aliphatic carbocycles. The molecule has 4 nitrogen and oxygen atoms in total. The Morgan fingerprint density at radius 1 is 1.15 bits per heavy atom. The molecule has 1 aromatic rings. The van der Waals surface area contributed by atoms with Crippen LogP contribution in [-0.4, -0.2) is 49.3 Å². The Morgan fingerprint density at radius 2 is 1.95 bits per heavy atom. The molecule has 1 aliphatic rings. The molecular formula is C14H17F2N3O. The van der Waals surface area contributed by atoms with Crippen LogP contribution in [0.2, 0.25) is 0 Å². The first-order valence-electron chi connectivity index (χ1n) is 6.63. The van der Waals surface area contributed by atoms with Gasteiger partial charge >= 0.3 is 0 Å². The Hall–Kier alpha value is -1.71. The normalized spacial score (nSPS) is 16.8. The van der Waals surface area contributed by atoms with E-state index >= 15 is 0 Å². The van der Waals surface area contributed by atoms with E-state index in [1.807, 2.05) is 0 Å². The van der Waals surface area contributed by atoms with E-state index in [0.717, 1.165) is 13.0 Å². The summed E-state index contributed by atoms with van der Waals surface area (Å²) in [6.45, 7) is 3.42. The van der Waals surface area contributed by atoms with E-state index < -0.39 is 11.6 Å². The fourth-order valence-corrected chi connectivity index (χ4v) is 2.45. The highest BCUT2D eigenvalue weighted by Gasteiger charge is 2.20. The highest BCUT2D eigenvalue weighted by molar-refractivity contribution is 5.52. The molecule has 0 unspecified atom stereocenters. The van der Waals surface area contributed by atoms with Crippen molar-refractivity contribution in [3.05, 3.63) is 29.3 Å². The van der Waals surface area contributed by atoms with Crippen molar-refractivity contribution < 1.29 is 13.9 Å². The second-order valence-corrected chi connectivity index (χ2v) is 4.78. The average molecular weight is 281 g/mol. The van der Waals surface area contributed by atoms with Gasteiger partial charge in [0.25, 0.3) is 0 Å². The van der Waals surface area contributed by atoms with E-state index in [2.05, 4.69) is 4.90 Å². The topological polar surface area (TPSA) is 50.5 Å². The average Bonchev–Trinajstić information content (AvgIpc) is 2.68. The first kappa shape index (κ1) is 14.7. The maximum absolute atomic E-state index is 14.0. The van der Waals surface area contributed by atoms with Gasteiger partial charge < -0.3 is 10.0 Å². The lowest BCUT2D eigenvalue weighted by Gasteiger charge is -2.24.